The fourth-order valence-corrected chi connectivity index (χ4v) is 2.81. The lowest BCUT2D eigenvalue weighted by Crippen LogP contribution is -2.55. The highest BCUT2D eigenvalue weighted by atomic mass is 16.3. The zero-order valence-electron chi connectivity index (χ0n) is 14.1. The SMILES string of the molecule is CCC1CCCN(C(C)(C)CNC(=O)NCCC(C)O)C1. The highest BCUT2D eigenvalue weighted by Gasteiger charge is 2.31. The van der Waals surface area contributed by atoms with E-state index in [2.05, 4.69) is 36.3 Å². The van der Waals surface area contributed by atoms with E-state index in [-0.39, 0.29) is 17.7 Å². The van der Waals surface area contributed by atoms with E-state index in [9.17, 15) is 4.79 Å². The fraction of sp³-hybridized carbons (Fsp3) is 0.938. The lowest BCUT2D eigenvalue weighted by Gasteiger charge is -2.43. The van der Waals surface area contributed by atoms with Gasteiger partial charge in [0, 0.05) is 25.2 Å². The van der Waals surface area contributed by atoms with E-state index < -0.39 is 0 Å². The smallest absolute Gasteiger partial charge is 0.314 e. The molecule has 2 atom stereocenters. The molecule has 0 saturated carbocycles. The molecule has 5 heteroatoms. The number of hydrogen-bond donors (Lipinski definition) is 3. The quantitative estimate of drug-likeness (QED) is 0.673. The normalized spacial score (nSPS) is 21.9. The average Bonchev–Trinajstić information content (AvgIpc) is 2.45. The van der Waals surface area contributed by atoms with Crippen LogP contribution in [0.1, 0.15) is 53.4 Å². The first kappa shape index (κ1) is 18.2. The number of nitrogens with zero attached hydrogens (tertiary/aromatic N) is 1. The number of nitrogens with one attached hydrogen (secondary N) is 2. The number of hydrogen-bond acceptors (Lipinski definition) is 3. The van der Waals surface area contributed by atoms with Gasteiger partial charge in [0.05, 0.1) is 6.10 Å². The van der Waals surface area contributed by atoms with Gasteiger partial charge in [-0.3, -0.25) is 4.90 Å². The van der Waals surface area contributed by atoms with Gasteiger partial charge in [-0.1, -0.05) is 13.3 Å². The molecule has 0 aromatic carbocycles. The largest absolute Gasteiger partial charge is 0.393 e. The first-order valence-corrected chi connectivity index (χ1v) is 8.30. The van der Waals surface area contributed by atoms with Gasteiger partial charge in [-0.2, -0.15) is 0 Å². The highest BCUT2D eigenvalue weighted by Crippen LogP contribution is 2.25. The Morgan fingerprint density at radius 2 is 2.14 bits per heavy atom. The molecule has 0 bridgehead atoms. The van der Waals surface area contributed by atoms with Crippen molar-refractivity contribution < 1.29 is 9.90 Å². The van der Waals surface area contributed by atoms with Gasteiger partial charge in [0.2, 0.25) is 0 Å². The van der Waals surface area contributed by atoms with Crippen molar-refractivity contribution in [2.24, 2.45) is 5.92 Å². The molecule has 3 N–H and O–H groups in total. The summed E-state index contributed by atoms with van der Waals surface area (Å²) >= 11 is 0. The van der Waals surface area contributed by atoms with Crippen molar-refractivity contribution in [3.05, 3.63) is 0 Å². The standard InChI is InChI=1S/C16H33N3O2/c1-5-14-7-6-10-19(11-14)16(3,4)12-18-15(21)17-9-8-13(2)20/h13-14,20H,5-12H2,1-4H3,(H2,17,18,21). The van der Waals surface area contributed by atoms with Gasteiger partial charge in [0.25, 0.3) is 0 Å². The van der Waals surface area contributed by atoms with Gasteiger partial charge in [0.1, 0.15) is 0 Å². The average molecular weight is 299 g/mol. The molecular formula is C16H33N3O2. The van der Waals surface area contributed by atoms with E-state index in [4.69, 9.17) is 5.11 Å². The molecule has 1 aliphatic heterocycles. The van der Waals surface area contributed by atoms with Crippen LogP contribution in [0.2, 0.25) is 0 Å². The van der Waals surface area contributed by atoms with Crippen LogP contribution in [0.3, 0.4) is 0 Å². The molecule has 1 saturated heterocycles. The third-order valence-electron chi connectivity index (χ3n) is 4.48. The zero-order valence-corrected chi connectivity index (χ0v) is 14.1. The Balaban J connectivity index is 2.32. The van der Waals surface area contributed by atoms with E-state index in [1.54, 1.807) is 6.92 Å². The molecule has 0 aromatic rings. The Labute approximate surface area is 129 Å². The minimum absolute atomic E-state index is 0.0184. The topological polar surface area (TPSA) is 64.6 Å². The molecule has 1 rings (SSSR count). The van der Waals surface area contributed by atoms with Gasteiger partial charge in [-0.15, -0.1) is 0 Å². The van der Waals surface area contributed by atoms with Gasteiger partial charge in [-0.25, -0.2) is 4.79 Å². The Hall–Kier alpha value is -0.810. The van der Waals surface area contributed by atoms with E-state index in [1.165, 1.54) is 19.3 Å². The number of carbonyl (C=O) groups excluding carboxylic acids is 1. The van der Waals surface area contributed by atoms with E-state index in [1.807, 2.05) is 0 Å². The summed E-state index contributed by atoms with van der Waals surface area (Å²) in [4.78, 5) is 14.3. The molecule has 0 aromatic heterocycles. The van der Waals surface area contributed by atoms with E-state index >= 15 is 0 Å². The molecule has 5 nitrogen and oxygen atoms in total. The summed E-state index contributed by atoms with van der Waals surface area (Å²) in [6.07, 6.45) is 4.03. The molecule has 21 heavy (non-hydrogen) atoms. The predicted octanol–water partition coefficient (Wildman–Crippen LogP) is 1.96. The van der Waals surface area contributed by atoms with Crippen molar-refractivity contribution in [3.63, 3.8) is 0 Å². The number of amides is 2. The van der Waals surface area contributed by atoms with Crippen molar-refractivity contribution in [1.82, 2.24) is 15.5 Å². The number of aliphatic hydroxyl groups is 1. The maximum absolute atomic E-state index is 11.8. The van der Waals surface area contributed by atoms with E-state index in [0.717, 1.165) is 19.0 Å². The van der Waals surface area contributed by atoms with Gasteiger partial charge in [0.15, 0.2) is 0 Å². The van der Waals surface area contributed by atoms with Crippen LogP contribution < -0.4 is 10.6 Å². The second kappa shape index (κ2) is 8.59. The van der Waals surface area contributed by atoms with Crippen LogP contribution in [0.4, 0.5) is 4.79 Å². The molecule has 2 unspecified atom stereocenters. The molecule has 124 valence electrons. The maximum atomic E-state index is 11.8. The van der Waals surface area contributed by atoms with Gasteiger partial charge in [-0.05, 0) is 52.5 Å². The van der Waals surface area contributed by atoms with Crippen LogP contribution in [0.25, 0.3) is 0 Å². The summed E-state index contributed by atoms with van der Waals surface area (Å²) in [6, 6.07) is -0.146. The Bertz CT molecular complexity index is 319. The highest BCUT2D eigenvalue weighted by molar-refractivity contribution is 5.73. The summed E-state index contributed by atoms with van der Waals surface area (Å²) in [5.74, 6) is 0.790. The second-order valence-electron chi connectivity index (χ2n) is 6.92. The Morgan fingerprint density at radius 1 is 1.43 bits per heavy atom. The minimum Gasteiger partial charge on any atom is -0.393 e. The third-order valence-corrected chi connectivity index (χ3v) is 4.48. The zero-order chi connectivity index (χ0) is 15.9. The van der Waals surface area contributed by atoms with Crippen molar-refractivity contribution in [2.75, 3.05) is 26.2 Å². The third kappa shape index (κ3) is 6.66. The van der Waals surface area contributed by atoms with Crippen LogP contribution >= 0.6 is 0 Å². The lowest BCUT2D eigenvalue weighted by molar-refractivity contribution is 0.0665. The van der Waals surface area contributed by atoms with Crippen LogP contribution in [-0.4, -0.2) is 53.9 Å². The molecule has 1 heterocycles. The number of carbonyl (C=O) groups is 1. The summed E-state index contributed by atoms with van der Waals surface area (Å²) in [7, 11) is 0. The molecule has 1 aliphatic rings. The van der Waals surface area contributed by atoms with Gasteiger partial charge >= 0.3 is 6.03 Å². The number of piperidine rings is 1. The first-order chi connectivity index (χ1) is 9.85. The fourth-order valence-electron chi connectivity index (χ4n) is 2.81. The molecular weight excluding hydrogens is 266 g/mol. The number of aliphatic hydroxyl groups excluding tert-OH is 1. The number of likely N-dealkylation sites (tertiary alicyclic amines) is 1. The van der Waals surface area contributed by atoms with Crippen LogP contribution in [0, 0.1) is 5.92 Å². The molecule has 0 aliphatic carbocycles. The molecule has 2 amide bonds. The summed E-state index contributed by atoms with van der Waals surface area (Å²) < 4.78 is 0. The first-order valence-electron chi connectivity index (χ1n) is 8.30. The van der Waals surface area contributed by atoms with Crippen LogP contribution in [0.15, 0.2) is 0 Å². The van der Waals surface area contributed by atoms with Gasteiger partial charge < -0.3 is 15.7 Å². The van der Waals surface area contributed by atoms with Crippen molar-refractivity contribution in [1.29, 1.82) is 0 Å². The Morgan fingerprint density at radius 3 is 2.76 bits per heavy atom. The number of rotatable bonds is 7. The predicted molar refractivity (Wildman–Crippen MR) is 86.4 cm³/mol. The Kier molecular flexibility index (Phi) is 7.46. The molecule has 1 fully saturated rings. The lowest BCUT2D eigenvalue weighted by atomic mass is 9.91. The van der Waals surface area contributed by atoms with Crippen LogP contribution in [0.5, 0.6) is 0 Å². The van der Waals surface area contributed by atoms with Crippen molar-refractivity contribution in [2.45, 2.75) is 65.0 Å². The minimum atomic E-state index is -0.374. The second-order valence-corrected chi connectivity index (χ2v) is 6.92. The summed E-state index contributed by atoms with van der Waals surface area (Å²) in [5, 5.41) is 14.9. The van der Waals surface area contributed by atoms with Crippen molar-refractivity contribution in [3.8, 4) is 0 Å². The molecule has 0 spiro atoms. The van der Waals surface area contributed by atoms with Crippen LogP contribution in [-0.2, 0) is 0 Å². The summed E-state index contributed by atoms with van der Waals surface area (Å²) in [5.41, 5.74) is -0.0184. The monoisotopic (exact) mass is 299 g/mol. The number of urea groups is 1. The molecule has 0 radical (unpaired) electrons. The van der Waals surface area contributed by atoms with Crippen molar-refractivity contribution >= 4 is 6.03 Å². The van der Waals surface area contributed by atoms with E-state index in [0.29, 0.717) is 19.5 Å². The maximum Gasteiger partial charge on any atom is 0.314 e. The summed E-state index contributed by atoms with van der Waals surface area (Å²) in [6.45, 7) is 11.8.